The summed E-state index contributed by atoms with van der Waals surface area (Å²) >= 11 is 0. The second-order valence-electron chi connectivity index (χ2n) is 7.52. The van der Waals surface area contributed by atoms with Crippen LogP contribution in [0.2, 0.25) is 0 Å². The average molecular weight is 364 g/mol. The van der Waals surface area contributed by atoms with Gasteiger partial charge in [-0.15, -0.1) is 0 Å². The van der Waals surface area contributed by atoms with Crippen LogP contribution in [0.15, 0.2) is 36.5 Å². The van der Waals surface area contributed by atoms with Crippen LogP contribution in [0.25, 0.3) is 0 Å². The van der Waals surface area contributed by atoms with Gasteiger partial charge < -0.3 is 14.9 Å². The number of carboxylic acids is 1. The minimum Gasteiger partial charge on any atom is -0.479 e. The number of aliphatic carboxylic acids is 1. The lowest BCUT2D eigenvalue weighted by molar-refractivity contribution is -0.146. The zero-order valence-electron chi connectivity index (χ0n) is 16.1. The Hall–Kier alpha value is -1.72. The van der Waals surface area contributed by atoms with Gasteiger partial charge in [-0.2, -0.15) is 0 Å². The van der Waals surface area contributed by atoms with Gasteiger partial charge in [0.2, 0.25) is 0 Å². The molecule has 1 unspecified atom stereocenters. The fraction of sp³-hybridized carbons (Fsp3) is 0.619. The lowest BCUT2D eigenvalue weighted by Gasteiger charge is -2.22. The van der Waals surface area contributed by atoms with Gasteiger partial charge in [0.15, 0.2) is 11.9 Å². The molecule has 1 aliphatic rings. The topological polar surface area (TPSA) is 83.8 Å². The molecule has 0 bridgehead atoms. The normalized spacial score (nSPS) is 21.9. The van der Waals surface area contributed by atoms with Gasteiger partial charge in [-0.1, -0.05) is 44.2 Å². The molecule has 0 saturated heterocycles. The van der Waals surface area contributed by atoms with Gasteiger partial charge in [0.05, 0.1) is 6.61 Å². The third-order valence-electron chi connectivity index (χ3n) is 4.49. The van der Waals surface area contributed by atoms with Crippen LogP contribution in [0.1, 0.15) is 46.5 Å². The minimum absolute atomic E-state index is 0.0687. The summed E-state index contributed by atoms with van der Waals surface area (Å²) in [6, 6.07) is 0. The molecule has 0 spiro atoms. The molecule has 0 aromatic heterocycles. The summed E-state index contributed by atoms with van der Waals surface area (Å²) in [7, 11) is 0. The van der Waals surface area contributed by atoms with Gasteiger partial charge in [0.1, 0.15) is 0 Å². The number of carbonyl (C=O) groups excluding carboxylic acids is 1. The third-order valence-corrected chi connectivity index (χ3v) is 4.49. The number of allylic oxidation sites excluding steroid dienone is 6. The van der Waals surface area contributed by atoms with Crippen molar-refractivity contribution in [1.82, 2.24) is 0 Å². The molecule has 26 heavy (non-hydrogen) atoms. The van der Waals surface area contributed by atoms with Crippen molar-refractivity contribution in [1.29, 1.82) is 0 Å². The summed E-state index contributed by atoms with van der Waals surface area (Å²) in [6.45, 7) is 7.73. The Labute approximate surface area is 156 Å². The molecule has 0 aromatic rings. The molecule has 146 valence electrons. The van der Waals surface area contributed by atoms with Crippen LogP contribution in [-0.2, 0) is 14.3 Å². The van der Waals surface area contributed by atoms with Crippen molar-refractivity contribution in [2.24, 2.45) is 17.3 Å². The molecule has 5 nitrogen and oxygen atoms in total. The lowest BCUT2D eigenvalue weighted by Crippen LogP contribution is -2.19. The van der Waals surface area contributed by atoms with Crippen molar-refractivity contribution >= 4 is 11.8 Å². The maximum Gasteiger partial charge on any atom is 0.332 e. The average Bonchev–Trinajstić information content (AvgIpc) is 2.92. The highest BCUT2D eigenvalue weighted by atomic mass is 16.5. The number of ether oxygens (including phenoxy) is 1. The monoisotopic (exact) mass is 364 g/mol. The van der Waals surface area contributed by atoms with Crippen LogP contribution in [0.3, 0.4) is 0 Å². The quantitative estimate of drug-likeness (QED) is 0.518. The highest BCUT2D eigenvalue weighted by Crippen LogP contribution is 2.29. The first kappa shape index (κ1) is 22.3. The number of carboxylic acid groups (broad SMARTS) is 1. The number of carbonyl (C=O) groups is 2. The van der Waals surface area contributed by atoms with Gasteiger partial charge in [0.25, 0.3) is 0 Å². The van der Waals surface area contributed by atoms with E-state index in [0.29, 0.717) is 26.1 Å². The van der Waals surface area contributed by atoms with Crippen LogP contribution in [0.4, 0.5) is 0 Å². The summed E-state index contributed by atoms with van der Waals surface area (Å²) in [4.78, 5) is 22.6. The first-order valence-electron chi connectivity index (χ1n) is 9.29. The molecule has 0 fully saturated rings. The molecule has 5 heteroatoms. The van der Waals surface area contributed by atoms with E-state index in [0.717, 1.165) is 6.42 Å². The summed E-state index contributed by atoms with van der Waals surface area (Å²) < 4.78 is 5.50. The molecule has 0 heterocycles. The van der Waals surface area contributed by atoms with Crippen molar-refractivity contribution in [2.75, 3.05) is 13.2 Å². The SMILES string of the molecule is CCOCC(C)(C)CC=C[C@H]1C=CC(=O)[C@@H]1CC=CCCC(O)C(=O)O. The van der Waals surface area contributed by atoms with Crippen LogP contribution >= 0.6 is 0 Å². The summed E-state index contributed by atoms with van der Waals surface area (Å²) in [5, 5.41) is 17.8. The molecule has 3 atom stereocenters. The third kappa shape index (κ3) is 8.11. The number of hydrogen-bond donors (Lipinski definition) is 2. The van der Waals surface area contributed by atoms with Crippen LogP contribution < -0.4 is 0 Å². The van der Waals surface area contributed by atoms with Crippen molar-refractivity contribution in [3.05, 3.63) is 36.5 Å². The van der Waals surface area contributed by atoms with Crippen molar-refractivity contribution in [2.45, 2.75) is 52.6 Å². The molecular weight excluding hydrogens is 332 g/mol. The zero-order chi connectivity index (χ0) is 19.6. The minimum atomic E-state index is -1.33. The van der Waals surface area contributed by atoms with Crippen molar-refractivity contribution in [3.63, 3.8) is 0 Å². The van der Waals surface area contributed by atoms with Crippen LogP contribution in [0, 0.1) is 17.3 Å². The van der Waals surface area contributed by atoms with Gasteiger partial charge in [-0.3, -0.25) is 4.79 Å². The predicted molar refractivity (Wildman–Crippen MR) is 102 cm³/mol. The largest absolute Gasteiger partial charge is 0.479 e. The maximum absolute atomic E-state index is 12.1. The Balaban J connectivity index is 2.46. The summed E-state index contributed by atoms with van der Waals surface area (Å²) in [5.41, 5.74) is 0.0687. The Bertz CT molecular complexity index is 545. The molecule has 1 rings (SSSR count). The number of hydrogen-bond acceptors (Lipinski definition) is 4. The summed E-state index contributed by atoms with van der Waals surface area (Å²) in [6.07, 6.45) is 12.4. The van der Waals surface area contributed by atoms with E-state index in [1.54, 1.807) is 6.08 Å². The van der Waals surface area contributed by atoms with Gasteiger partial charge in [-0.25, -0.2) is 4.79 Å². The maximum atomic E-state index is 12.1. The second kappa shape index (κ2) is 11.1. The highest BCUT2D eigenvalue weighted by molar-refractivity contribution is 5.95. The molecule has 0 aliphatic heterocycles. The molecule has 0 radical (unpaired) electrons. The van der Waals surface area contributed by atoms with Gasteiger partial charge in [-0.05, 0) is 44.1 Å². The van der Waals surface area contributed by atoms with E-state index in [4.69, 9.17) is 9.84 Å². The number of aliphatic hydroxyl groups excluding tert-OH is 1. The lowest BCUT2D eigenvalue weighted by atomic mass is 9.87. The first-order valence-corrected chi connectivity index (χ1v) is 9.29. The van der Waals surface area contributed by atoms with E-state index >= 15 is 0 Å². The molecule has 0 saturated carbocycles. The van der Waals surface area contributed by atoms with E-state index in [9.17, 15) is 14.7 Å². The highest BCUT2D eigenvalue weighted by Gasteiger charge is 2.27. The number of ketones is 1. The number of aliphatic hydroxyl groups is 1. The zero-order valence-corrected chi connectivity index (χ0v) is 16.1. The van der Waals surface area contributed by atoms with E-state index in [1.807, 2.05) is 25.2 Å². The van der Waals surface area contributed by atoms with Crippen LogP contribution in [0.5, 0.6) is 0 Å². The molecule has 0 aromatic carbocycles. The first-order chi connectivity index (χ1) is 12.3. The number of rotatable bonds is 12. The van der Waals surface area contributed by atoms with Gasteiger partial charge in [0, 0.05) is 18.4 Å². The molecule has 1 aliphatic carbocycles. The fourth-order valence-corrected chi connectivity index (χ4v) is 2.84. The van der Waals surface area contributed by atoms with Crippen LogP contribution in [-0.4, -0.2) is 41.3 Å². The van der Waals surface area contributed by atoms with E-state index in [1.165, 1.54) is 0 Å². The standard InChI is InChI=1S/C21H32O5/c1-4-26-15-21(2,3)14-8-9-16-12-13-18(22)17(16)10-6-5-7-11-19(23)20(24)25/h5-6,8-9,12-13,16-17,19,23H,4,7,10-11,14-15H2,1-3H3,(H,24,25)/t16-,17+,19?/m0/s1. The van der Waals surface area contributed by atoms with E-state index in [-0.39, 0.29) is 29.5 Å². The molecule has 2 N–H and O–H groups in total. The van der Waals surface area contributed by atoms with Gasteiger partial charge >= 0.3 is 5.97 Å². The summed E-state index contributed by atoms with van der Waals surface area (Å²) in [5.74, 6) is -1.07. The smallest absolute Gasteiger partial charge is 0.332 e. The van der Waals surface area contributed by atoms with E-state index < -0.39 is 12.1 Å². The Morgan fingerprint density at radius 3 is 2.73 bits per heavy atom. The van der Waals surface area contributed by atoms with Crippen molar-refractivity contribution in [3.8, 4) is 0 Å². The Morgan fingerprint density at radius 1 is 1.35 bits per heavy atom. The predicted octanol–water partition coefficient (Wildman–Crippen LogP) is 3.54. The van der Waals surface area contributed by atoms with Crippen molar-refractivity contribution < 1.29 is 24.5 Å². The molecule has 0 amide bonds. The Kier molecular flexibility index (Phi) is 9.52. The second-order valence-corrected chi connectivity index (χ2v) is 7.52. The molecular formula is C21H32O5. The Morgan fingerprint density at radius 2 is 2.08 bits per heavy atom. The van der Waals surface area contributed by atoms with E-state index in [2.05, 4.69) is 26.0 Å². The fourth-order valence-electron chi connectivity index (χ4n) is 2.84.